The Morgan fingerprint density at radius 1 is 1.67 bits per heavy atom. The third kappa shape index (κ3) is 2.92. The maximum atomic E-state index is 11.3. The van der Waals surface area contributed by atoms with Crippen molar-refractivity contribution in [3.8, 4) is 0 Å². The van der Waals surface area contributed by atoms with E-state index in [1.54, 1.807) is 0 Å². The van der Waals surface area contributed by atoms with Gasteiger partial charge in [-0.25, -0.2) is 13.6 Å². The lowest BCUT2D eigenvalue weighted by molar-refractivity contribution is 0.197. The summed E-state index contributed by atoms with van der Waals surface area (Å²) in [5.41, 5.74) is 0.352. The molecule has 0 spiro atoms. The largest absolute Gasteiger partial charge is 0.611 e. The van der Waals surface area contributed by atoms with Gasteiger partial charge in [0.1, 0.15) is 10.5 Å². The van der Waals surface area contributed by atoms with Gasteiger partial charge in [-0.05, 0) is 24.2 Å². The Bertz CT molecular complexity index is 423. The fraction of sp³-hybridized carbons (Fsp3) is 0.429. The first-order chi connectivity index (χ1) is 6.73. The molecule has 1 aromatic heterocycles. The van der Waals surface area contributed by atoms with Crippen LogP contribution in [0.4, 0.5) is 0 Å². The van der Waals surface area contributed by atoms with Crippen LogP contribution in [0.5, 0.6) is 0 Å². The van der Waals surface area contributed by atoms with Gasteiger partial charge in [-0.1, -0.05) is 11.3 Å². The first-order valence-electron chi connectivity index (χ1n) is 3.91. The van der Waals surface area contributed by atoms with Crippen molar-refractivity contribution in [2.75, 3.05) is 6.26 Å². The van der Waals surface area contributed by atoms with Crippen LogP contribution in [0.1, 0.15) is 18.6 Å². The summed E-state index contributed by atoms with van der Waals surface area (Å²) in [6, 6.07) is 1.27. The van der Waals surface area contributed by atoms with E-state index >= 15 is 0 Å². The van der Waals surface area contributed by atoms with E-state index in [0.29, 0.717) is 9.77 Å². The highest BCUT2D eigenvalue weighted by Gasteiger charge is 2.24. The molecule has 0 bridgehead atoms. The average Bonchev–Trinajstić information content (AvgIpc) is 2.45. The first kappa shape index (κ1) is 12.9. The summed E-state index contributed by atoms with van der Waals surface area (Å²) in [6.45, 7) is 1.48. The number of primary sulfonamides is 1. The zero-order chi connectivity index (χ0) is 11.8. The second-order valence-corrected chi connectivity index (χ2v) is 7.40. The average molecular weight is 269 g/mol. The molecule has 0 fully saturated rings. The smallest absolute Gasteiger partial charge is 0.247 e. The number of hydrogen-bond acceptors (Lipinski definition) is 5. The molecule has 0 aliphatic rings. The fourth-order valence-corrected chi connectivity index (χ4v) is 4.20. The van der Waals surface area contributed by atoms with E-state index in [9.17, 15) is 18.1 Å². The van der Waals surface area contributed by atoms with Crippen molar-refractivity contribution in [1.82, 2.24) is 0 Å². The fourth-order valence-electron chi connectivity index (χ4n) is 1.02. The van der Waals surface area contributed by atoms with E-state index in [-0.39, 0.29) is 4.21 Å². The Hall–Kier alpha value is -0.120. The van der Waals surface area contributed by atoms with Crippen LogP contribution < -0.4 is 5.14 Å². The van der Waals surface area contributed by atoms with Crippen LogP contribution in [0, 0.1) is 0 Å². The van der Waals surface area contributed by atoms with E-state index in [4.69, 9.17) is 5.14 Å². The van der Waals surface area contributed by atoms with E-state index in [0.717, 1.165) is 11.3 Å². The van der Waals surface area contributed by atoms with Crippen LogP contribution in [0.3, 0.4) is 0 Å². The summed E-state index contributed by atoms with van der Waals surface area (Å²) < 4.78 is 33.6. The summed E-state index contributed by atoms with van der Waals surface area (Å²) in [4.78, 5) is 0. The van der Waals surface area contributed by atoms with Crippen LogP contribution in [0.15, 0.2) is 14.5 Å². The number of aliphatic hydroxyl groups is 1. The van der Waals surface area contributed by atoms with Gasteiger partial charge in [0, 0.05) is 5.56 Å². The predicted molar refractivity (Wildman–Crippen MR) is 58.7 cm³/mol. The van der Waals surface area contributed by atoms with Crippen LogP contribution in [0.2, 0.25) is 0 Å². The molecule has 86 valence electrons. The van der Waals surface area contributed by atoms with Gasteiger partial charge in [0.2, 0.25) is 14.2 Å². The highest BCUT2D eigenvalue weighted by atomic mass is 32.3. The molecule has 1 rings (SSSR count). The molecule has 2 unspecified atom stereocenters. The van der Waals surface area contributed by atoms with Crippen LogP contribution in [-0.2, 0) is 21.2 Å². The number of aliphatic hydroxyl groups excluding tert-OH is 1. The lowest BCUT2D eigenvalue weighted by atomic mass is 10.2. The van der Waals surface area contributed by atoms with E-state index < -0.39 is 27.3 Å². The predicted octanol–water partition coefficient (Wildman–Crippen LogP) is 0.186. The number of nitrogens with two attached hydrogens (primary N) is 1. The first-order valence-corrected chi connectivity index (χ1v) is 7.83. The zero-order valence-electron chi connectivity index (χ0n) is 8.13. The molecule has 0 saturated carbocycles. The molecule has 1 aromatic rings. The van der Waals surface area contributed by atoms with E-state index in [1.807, 2.05) is 0 Å². The topological polar surface area (TPSA) is 103 Å². The van der Waals surface area contributed by atoms with Crippen molar-refractivity contribution in [3.63, 3.8) is 0 Å². The van der Waals surface area contributed by atoms with Crippen molar-refractivity contribution in [3.05, 3.63) is 11.6 Å². The molecule has 15 heavy (non-hydrogen) atoms. The lowest BCUT2D eigenvalue weighted by Crippen LogP contribution is -2.10. The zero-order valence-corrected chi connectivity index (χ0v) is 10.6. The van der Waals surface area contributed by atoms with Crippen molar-refractivity contribution in [1.29, 1.82) is 0 Å². The molecule has 0 aromatic carbocycles. The van der Waals surface area contributed by atoms with Crippen LogP contribution in [0.25, 0.3) is 0 Å². The molecule has 0 amide bonds. The van der Waals surface area contributed by atoms with Gasteiger partial charge in [0.15, 0.2) is 0 Å². The third-order valence-electron chi connectivity index (χ3n) is 1.69. The van der Waals surface area contributed by atoms with Crippen molar-refractivity contribution in [2.45, 2.75) is 21.4 Å². The van der Waals surface area contributed by atoms with Crippen LogP contribution in [-0.4, -0.2) is 24.3 Å². The number of rotatable bonds is 3. The maximum absolute atomic E-state index is 11.3. The maximum Gasteiger partial charge on any atom is 0.247 e. The summed E-state index contributed by atoms with van der Waals surface area (Å²) in [5.74, 6) is 0. The Morgan fingerprint density at radius 2 is 2.20 bits per heavy atom. The van der Waals surface area contributed by atoms with Gasteiger partial charge in [-0.3, -0.25) is 0 Å². The van der Waals surface area contributed by atoms with Gasteiger partial charge in [0.05, 0.1) is 6.10 Å². The standard InChI is InChI=1S/C7H11NO4S3/c1-4(9)5-3-6(15(8,11)12)13-7(5)14(2)10/h3-4,9H,1-2H3,(H2,8,11,12). The molecule has 0 aliphatic heterocycles. The molecule has 1 heterocycles. The summed E-state index contributed by atoms with van der Waals surface area (Å²) in [6.07, 6.45) is 0.556. The van der Waals surface area contributed by atoms with Gasteiger partial charge in [-0.2, -0.15) is 0 Å². The Labute approximate surface area is 95.2 Å². The minimum absolute atomic E-state index is 0.0800. The van der Waals surface area contributed by atoms with Crippen molar-refractivity contribution >= 4 is 32.5 Å². The normalized spacial score (nSPS) is 16.3. The van der Waals surface area contributed by atoms with Crippen molar-refractivity contribution < 1.29 is 18.1 Å². The van der Waals surface area contributed by atoms with E-state index in [1.165, 1.54) is 19.2 Å². The Kier molecular flexibility index (Phi) is 3.80. The quantitative estimate of drug-likeness (QED) is 0.764. The minimum Gasteiger partial charge on any atom is -0.611 e. The Balaban J connectivity index is 3.34. The number of thiophene rings is 1. The number of sulfonamides is 1. The molecule has 0 saturated heterocycles. The van der Waals surface area contributed by atoms with E-state index in [2.05, 4.69) is 0 Å². The summed E-state index contributed by atoms with van der Waals surface area (Å²) in [5, 5.41) is 14.3. The van der Waals surface area contributed by atoms with Gasteiger partial charge < -0.3 is 9.66 Å². The molecule has 5 nitrogen and oxygen atoms in total. The molecule has 2 atom stereocenters. The highest BCUT2D eigenvalue weighted by Crippen LogP contribution is 2.33. The highest BCUT2D eigenvalue weighted by molar-refractivity contribution is 7.94. The monoisotopic (exact) mass is 269 g/mol. The molecular formula is C7H11NO4S3. The van der Waals surface area contributed by atoms with Crippen LogP contribution >= 0.6 is 11.3 Å². The SMILES string of the molecule is CC(O)c1cc(S(N)(=O)=O)sc1[S+](C)[O-]. The third-order valence-corrected chi connectivity index (χ3v) is 5.77. The molecule has 8 heteroatoms. The molecular weight excluding hydrogens is 258 g/mol. The summed E-state index contributed by atoms with van der Waals surface area (Å²) >= 11 is -0.507. The summed E-state index contributed by atoms with van der Waals surface area (Å²) in [7, 11) is -3.80. The Morgan fingerprint density at radius 3 is 2.47 bits per heavy atom. The second kappa shape index (κ2) is 4.40. The molecule has 3 N–H and O–H groups in total. The molecule has 0 radical (unpaired) electrons. The number of hydrogen-bond donors (Lipinski definition) is 2. The minimum atomic E-state index is -3.80. The second-order valence-electron chi connectivity index (χ2n) is 2.98. The van der Waals surface area contributed by atoms with Gasteiger partial charge >= 0.3 is 0 Å². The lowest BCUT2D eigenvalue weighted by Gasteiger charge is -2.06. The van der Waals surface area contributed by atoms with Gasteiger partial charge in [-0.15, -0.1) is 0 Å². The van der Waals surface area contributed by atoms with Crippen molar-refractivity contribution in [2.24, 2.45) is 5.14 Å². The van der Waals surface area contributed by atoms with Gasteiger partial charge in [0.25, 0.3) is 0 Å². The molecule has 0 aliphatic carbocycles.